The van der Waals surface area contributed by atoms with Crippen molar-refractivity contribution in [3.8, 4) is 0 Å². The number of hydrogen-bond donors (Lipinski definition) is 1. The number of rotatable bonds is 8. The second-order valence-corrected chi connectivity index (χ2v) is 23.0. The molecule has 2 heterocycles. The molecule has 89 heavy (non-hydrogen) atoms. The SMILES string of the molecule is Cc1ccc2c(c1)c1cc(Br)ccc1c1nccnc21.c1ccc(N(c2ccc3c(c2)c2cc(N(c4ccccc4)c4cccc5ccccc45)ccc2c2nccnc32)c2cccc3ccccc23)cc1.c1ccc(Nc2cccc3ccccc23)cc1. The first kappa shape index (κ1) is 54.3. The normalized spacial score (nSPS) is 11.3. The number of benzene rings is 15. The molecule has 8 heteroatoms. The molecule has 2 aromatic heterocycles. The third kappa shape index (κ3) is 10.5. The zero-order chi connectivity index (χ0) is 59.6. The second kappa shape index (κ2) is 23.9. The van der Waals surface area contributed by atoms with Crippen LogP contribution >= 0.6 is 15.9 Å². The van der Waals surface area contributed by atoms with E-state index >= 15 is 0 Å². The van der Waals surface area contributed by atoms with Gasteiger partial charge in [0, 0.05) is 101 Å². The van der Waals surface area contributed by atoms with Gasteiger partial charge in [-0.2, -0.15) is 0 Å². The fourth-order valence-electron chi connectivity index (χ4n) is 12.5. The van der Waals surface area contributed by atoms with Gasteiger partial charge in [-0.25, -0.2) is 0 Å². The molecular weight excluding hydrogens is 1150 g/mol. The van der Waals surface area contributed by atoms with Gasteiger partial charge in [-0.1, -0.05) is 222 Å². The molecule has 15 aromatic carbocycles. The van der Waals surface area contributed by atoms with Crippen LogP contribution in [-0.2, 0) is 0 Å². The van der Waals surface area contributed by atoms with Crippen LogP contribution in [0.5, 0.6) is 0 Å². The van der Waals surface area contributed by atoms with Crippen molar-refractivity contribution in [3.63, 3.8) is 0 Å². The molecule has 0 bridgehead atoms. The maximum absolute atomic E-state index is 4.89. The van der Waals surface area contributed by atoms with Crippen molar-refractivity contribution >= 4 is 159 Å². The van der Waals surface area contributed by atoms with Gasteiger partial charge in [0.15, 0.2) is 0 Å². The molecule has 0 saturated carbocycles. The average Bonchev–Trinajstić information content (AvgIpc) is 0.989. The van der Waals surface area contributed by atoms with Gasteiger partial charge >= 0.3 is 0 Å². The molecule has 0 atom stereocenters. The van der Waals surface area contributed by atoms with E-state index < -0.39 is 0 Å². The molecule has 0 amide bonds. The van der Waals surface area contributed by atoms with Crippen LogP contribution in [0.2, 0.25) is 0 Å². The number of aromatic nitrogens is 4. The largest absolute Gasteiger partial charge is 0.355 e. The Balaban J connectivity index is 0.000000145. The van der Waals surface area contributed by atoms with E-state index in [9.17, 15) is 0 Å². The molecule has 422 valence electrons. The van der Waals surface area contributed by atoms with Crippen LogP contribution in [0.15, 0.2) is 320 Å². The van der Waals surface area contributed by atoms with Gasteiger partial charge in [-0.3, -0.25) is 19.9 Å². The van der Waals surface area contributed by atoms with Gasteiger partial charge in [0.05, 0.1) is 33.4 Å². The minimum atomic E-state index is 0.898. The third-order valence-electron chi connectivity index (χ3n) is 16.6. The smallest absolute Gasteiger partial charge is 0.0971 e. The average molecular weight is 1210 g/mol. The molecule has 1 N–H and O–H groups in total. The maximum atomic E-state index is 4.89. The number of hydrogen-bond acceptors (Lipinski definition) is 7. The van der Waals surface area contributed by atoms with Gasteiger partial charge in [-0.05, 0) is 136 Å². The van der Waals surface area contributed by atoms with Crippen molar-refractivity contribution in [2.75, 3.05) is 15.1 Å². The minimum Gasteiger partial charge on any atom is -0.355 e. The van der Waals surface area contributed by atoms with Crippen LogP contribution in [0.4, 0.5) is 45.5 Å². The first-order valence-electron chi connectivity index (χ1n) is 29.8. The Labute approximate surface area is 523 Å². The lowest BCUT2D eigenvalue weighted by Crippen LogP contribution is -2.11. The predicted molar refractivity (Wildman–Crippen MR) is 380 cm³/mol. The van der Waals surface area contributed by atoms with Gasteiger partial charge < -0.3 is 15.1 Å². The molecular formula is C81H56BrN7. The zero-order valence-electron chi connectivity index (χ0n) is 48.6. The Morgan fingerprint density at radius 2 is 0.652 bits per heavy atom. The number of fused-ring (bicyclic) bond motifs is 15. The highest BCUT2D eigenvalue weighted by molar-refractivity contribution is 9.10. The highest BCUT2D eigenvalue weighted by atomic mass is 79.9. The van der Waals surface area contributed by atoms with Crippen LogP contribution < -0.4 is 15.1 Å². The minimum absolute atomic E-state index is 0.898. The summed E-state index contributed by atoms with van der Waals surface area (Å²) in [7, 11) is 0. The summed E-state index contributed by atoms with van der Waals surface area (Å²) in [5.41, 5.74) is 13.8. The lowest BCUT2D eigenvalue weighted by molar-refractivity contribution is 1.29. The van der Waals surface area contributed by atoms with E-state index in [1.54, 1.807) is 24.8 Å². The van der Waals surface area contributed by atoms with Gasteiger partial charge in [0.2, 0.25) is 0 Å². The molecule has 17 rings (SSSR count). The van der Waals surface area contributed by atoms with E-state index in [4.69, 9.17) is 9.97 Å². The standard InChI is InChI=1S/C48H32N4.C17H11BrN2.C16H13N/c1-3-17-35(18-4-1)51(45-23-11-15-33-13-7-9-21-39(33)45)37-25-27-41-43(31-37)44-32-38(26-28-42(44)48-47(41)49-29-30-50-48)52(36-19-5-2-6-20-36)46-24-12-16-34-14-8-10-22-40(34)46;1-10-2-4-12-14(8-10)15-9-11(18)3-5-13(15)17-16(12)19-6-7-20-17;1-2-9-14(10-3-1)17-16-12-6-8-13-7-4-5-11-15(13)16/h1-32H;2-9H,1H3;1-12,17H. The van der Waals surface area contributed by atoms with Crippen LogP contribution in [0.25, 0.3) is 97.5 Å². The Hall–Kier alpha value is -11.3. The molecule has 0 unspecified atom stereocenters. The molecule has 0 radical (unpaired) electrons. The van der Waals surface area contributed by atoms with Crippen molar-refractivity contribution in [1.82, 2.24) is 19.9 Å². The summed E-state index contributed by atoms with van der Waals surface area (Å²) in [6, 6.07) is 103. The number of anilines is 8. The van der Waals surface area contributed by atoms with Crippen molar-refractivity contribution in [2.24, 2.45) is 0 Å². The lowest BCUT2D eigenvalue weighted by Gasteiger charge is -2.28. The van der Waals surface area contributed by atoms with E-state index in [1.807, 2.05) is 18.2 Å². The maximum Gasteiger partial charge on any atom is 0.0971 e. The first-order valence-corrected chi connectivity index (χ1v) is 30.6. The monoisotopic (exact) mass is 1210 g/mol. The van der Waals surface area contributed by atoms with Gasteiger partial charge in [0.1, 0.15) is 0 Å². The Morgan fingerprint density at radius 3 is 1.15 bits per heavy atom. The van der Waals surface area contributed by atoms with E-state index in [-0.39, 0.29) is 0 Å². The van der Waals surface area contributed by atoms with Crippen molar-refractivity contribution in [1.29, 1.82) is 0 Å². The Morgan fingerprint density at radius 1 is 0.281 bits per heavy atom. The number of nitrogens with one attached hydrogen (secondary N) is 1. The van der Waals surface area contributed by atoms with Crippen LogP contribution in [-0.4, -0.2) is 19.9 Å². The van der Waals surface area contributed by atoms with E-state index in [2.05, 4.69) is 321 Å². The van der Waals surface area contributed by atoms with E-state index in [0.29, 0.717) is 0 Å². The molecule has 0 spiro atoms. The zero-order valence-corrected chi connectivity index (χ0v) is 50.2. The second-order valence-electron chi connectivity index (χ2n) is 22.1. The summed E-state index contributed by atoms with van der Waals surface area (Å²) in [6.45, 7) is 2.12. The molecule has 17 aromatic rings. The first-order chi connectivity index (χ1) is 44.0. The highest BCUT2D eigenvalue weighted by Gasteiger charge is 2.21. The topological polar surface area (TPSA) is 70.1 Å². The summed E-state index contributed by atoms with van der Waals surface area (Å²) in [4.78, 5) is 23.6. The van der Waals surface area contributed by atoms with Crippen LogP contribution in [0, 0.1) is 6.92 Å². The number of halogens is 1. The Kier molecular flexibility index (Phi) is 14.6. The summed E-state index contributed by atoms with van der Waals surface area (Å²) in [6.07, 6.45) is 7.09. The quantitative estimate of drug-likeness (QED) is 0.152. The Bertz CT molecular complexity index is 5170. The molecule has 7 nitrogen and oxygen atoms in total. The number of para-hydroxylation sites is 3. The van der Waals surface area contributed by atoms with Crippen molar-refractivity contribution in [2.45, 2.75) is 6.92 Å². The highest BCUT2D eigenvalue weighted by Crippen LogP contribution is 2.45. The van der Waals surface area contributed by atoms with Crippen LogP contribution in [0.3, 0.4) is 0 Å². The predicted octanol–water partition coefficient (Wildman–Crippen LogP) is 22.8. The fourth-order valence-corrected chi connectivity index (χ4v) is 12.9. The lowest BCUT2D eigenvalue weighted by atomic mass is 9.97. The molecule has 0 aliphatic rings. The van der Waals surface area contributed by atoms with E-state index in [0.717, 1.165) is 104 Å². The summed E-state index contributed by atoms with van der Waals surface area (Å²) in [5.74, 6) is 0. The fraction of sp³-hybridized carbons (Fsp3) is 0.0123. The third-order valence-corrected chi connectivity index (χ3v) is 17.1. The van der Waals surface area contributed by atoms with E-state index in [1.165, 1.54) is 48.7 Å². The molecule has 0 saturated heterocycles. The summed E-state index contributed by atoms with van der Waals surface area (Å²) in [5, 5.41) is 19.9. The molecule has 0 aliphatic heterocycles. The van der Waals surface area contributed by atoms with Crippen LogP contribution in [0.1, 0.15) is 5.56 Å². The van der Waals surface area contributed by atoms with Crippen molar-refractivity contribution < 1.29 is 0 Å². The van der Waals surface area contributed by atoms with Gasteiger partial charge in [-0.15, -0.1) is 0 Å². The summed E-state index contributed by atoms with van der Waals surface area (Å²) >= 11 is 3.56. The molecule has 0 fully saturated rings. The number of nitrogens with zero attached hydrogens (tertiary/aromatic N) is 6. The van der Waals surface area contributed by atoms with Gasteiger partial charge in [0.25, 0.3) is 0 Å². The molecule has 0 aliphatic carbocycles. The summed E-state index contributed by atoms with van der Waals surface area (Å²) < 4.78 is 1.08. The number of aryl methyl sites for hydroxylation is 1. The van der Waals surface area contributed by atoms with Crippen molar-refractivity contribution in [3.05, 3.63) is 326 Å².